The number of benzene rings is 1. The van der Waals surface area contributed by atoms with E-state index in [0.29, 0.717) is 26.3 Å². The molecule has 8 heteroatoms. The van der Waals surface area contributed by atoms with Crippen molar-refractivity contribution in [1.82, 2.24) is 25.3 Å². The summed E-state index contributed by atoms with van der Waals surface area (Å²) in [6.45, 7) is 8.77. The third-order valence-electron chi connectivity index (χ3n) is 5.89. The zero-order chi connectivity index (χ0) is 22.2. The normalized spacial score (nSPS) is 16.4. The van der Waals surface area contributed by atoms with E-state index < -0.39 is 0 Å². The average molecular weight is 431 g/mol. The average Bonchev–Trinajstić information content (AvgIpc) is 3.12. The molecular formula is C23H35FN6O. The molecule has 0 bridgehead atoms. The van der Waals surface area contributed by atoms with Gasteiger partial charge in [0, 0.05) is 51.5 Å². The van der Waals surface area contributed by atoms with Crippen molar-refractivity contribution in [2.75, 3.05) is 39.9 Å². The van der Waals surface area contributed by atoms with Gasteiger partial charge in [0.1, 0.15) is 5.82 Å². The van der Waals surface area contributed by atoms with Crippen LogP contribution < -0.4 is 10.6 Å². The van der Waals surface area contributed by atoms with E-state index in [2.05, 4.69) is 39.5 Å². The highest BCUT2D eigenvalue weighted by atomic mass is 19.1. The van der Waals surface area contributed by atoms with Gasteiger partial charge in [-0.05, 0) is 30.5 Å². The third-order valence-corrected chi connectivity index (χ3v) is 5.89. The second-order valence-electron chi connectivity index (χ2n) is 7.73. The van der Waals surface area contributed by atoms with Crippen LogP contribution in [0, 0.1) is 5.82 Å². The van der Waals surface area contributed by atoms with Crippen LogP contribution in [0.25, 0.3) is 0 Å². The number of aromatic nitrogens is 2. The number of aryl methyl sites for hydroxylation is 2. The molecule has 0 radical (unpaired) electrons. The van der Waals surface area contributed by atoms with Crippen molar-refractivity contribution in [2.24, 2.45) is 12.0 Å². The van der Waals surface area contributed by atoms with Crippen LogP contribution >= 0.6 is 0 Å². The Bertz CT molecular complexity index is 858. The zero-order valence-corrected chi connectivity index (χ0v) is 19.1. The van der Waals surface area contributed by atoms with Crippen LogP contribution in [0.15, 0.2) is 29.3 Å². The van der Waals surface area contributed by atoms with Crippen molar-refractivity contribution in [1.29, 1.82) is 0 Å². The maximum atomic E-state index is 13.5. The molecular weight excluding hydrogens is 395 g/mol. The van der Waals surface area contributed by atoms with Crippen molar-refractivity contribution in [3.8, 4) is 0 Å². The lowest BCUT2D eigenvalue weighted by atomic mass is 10.0. The maximum Gasteiger partial charge on any atom is 0.191 e. The molecule has 1 aliphatic rings. The molecule has 2 N–H and O–H groups in total. The molecule has 1 aromatic heterocycles. The van der Waals surface area contributed by atoms with Crippen LogP contribution in [-0.4, -0.2) is 60.5 Å². The molecule has 0 aliphatic carbocycles. The van der Waals surface area contributed by atoms with Crippen molar-refractivity contribution in [2.45, 2.75) is 39.3 Å². The molecule has 1 atom stereocenters. The SMILES string of the molecule is CCc1nn(C)c(CC)c1CNC(=NC)NCC(c1ccc(F)cc1)N1CCOCC1. The first kappa shape index (κ1) is 23.2. The van der Waals surface area contributed by atoms with Gasteiger partial charge in [-0.1, -0.05) is 26.0 Å². The Balaban J connectivity index is 1.67. The number of nitrogens with one attached hydrogen (secondary N) is 2. The van der Waals surface area contributed by atoms with Crippen LogP contribution in [-0.2, 0) is 31.2 Å². The van der Waals surface area contributed by atoms with Crippen molar-refractivity contribution < 1.29 is 9.13 Å². The molecule has 3 rings (SSSR count). The van der Waals surface area contributed by atoms with Crippen molar-refractivity contribution in [3.63, 3.8) is 0 Å². The minimum atomic E-state index is -0.218. The summed E-state index contributed by atoms with van der Waals surface area (Å²) < 4.78 is 21.0. The van der Waals surface area contributed by atoms with E-state index in [4.69, 9.17) is 4.74 Å². The number of hydrogen-bond acceptors (Lipinski definition) is 4. The number of aliphatic imine (C=N–C) groups is 1. The summed E-state index contributed by atoms with van der Waals surface area (Å²) in [5, 5.41) is 11.6. The van der Waals surface area contributed by atoms with Gasteiger partial charge < -0.3 is 15.4 Å². The smallest absolute Gasteiger partial charge is 0.191 e. The van der Waals surface area contributed by atoms with Gasteiger partial charge in [0.2, 0.25) is 0 Å². The summed E-state index contributed by atoms with van der Waals surface area (Å²) in [6.07, 6.45) is 1.84. The molecule has 2 heterocycles. The zero-order valence-electron chi connectivity index (χ0n) is 19.1. The van der Waals surface area contributed by atoms with Gasteiger partial charge in [-0.25, -0.2) is 4.39 Å². The molecule has 0 saturated carbocycles. The lowest BCUT2D eigenvalue weighted by Gasteiger charge is -2.35. The highest BCUT2D eigenvalue weighted by Gasteiger charge is 2.23. The summed E-state index contributed by atoms with van der Waals surface area (Å²) in [5.41, 5.74) is 4.70. The summed E-state index contributed by atoms with van der Waals surface area (Å²) >= 11 is 0. The molecule has 0 spiro atoms. The number of rotatable bonds is 8. The van der Waals surface area contributed by atoms with E-state index in [0.717, 1.165) is 43.1 Å². The first-order valence-corrected chi connectivity index (χ1v) is 11.1. The van der Waals surface area contributed by atoms with Crippen LogP contribution in [0.2, 0.25) is 0 Å². The Labute approximate surface area is 184 Å². The Morgan fingerprint density at radius 3 is 2.48 bits per heavy atom. The Morgan fingerprint density at radius 1 is 1.16 bits per heavy atom. The first-order valence-electron chi connectivity index (χ1n) is 11.1. The van der Waals surface area contributed by atoms with Crippen molar-refractivity contribution >= 4 is 5.96 Å². The molecule has 7 nitrogen and oxygen atoms in total. The van der Waals surface area contributed by atoms with Gasteiger partial charge in [0.25, 0.3) is 0 Å². The monoisotopic (exact) mass is 430 g/mol. The van der Waals surface area contributed by atoms with Gasteiger partial charge in [-0.3, -0.25) is 14.6 Å². The number of morpholine rings is 1. The second kappa shape index (κ2) is 11.2. The van der Waals surface area contributed by atoms with Gasteiger partial charge in [0.15, 0.2) is 5.96 Å². The quantitative estimate of drug-likeness (QED) is 0.497. The fourth-order valence-electron chi connectivity index (χ4n) is 4.21. The Kier molecular flexibility index (Phi) is 8.43. The summed E-state index contributed by atoms with van der Waals surface area (Å²) in [6, 6.07) is 6.89. The van der Waals surface area contributed by atoms with Gasteiger partial charge >= 0.3 is 0 Å². The fourth-order valence-corrected chi connectivity index (χ4v) is 4.21. The fraction of sp³-hybridized carbons (Fsp3) is 0.565. The molecule has 1 saturated heterocycles. The molecule has 1 aliphatic heterocycles. The van der Waals surface area contributed by atoms with Crippen LogP contribution in [0.5, 0.6) is 0 Å². The molecule has 1 aromatic carbocycles. The van der Waals surface area contributed by atoms with E-state index in [1.54, 1.807) is 7.05 Å². The largest absolute Gasteiger partial charge is 0.379 e. The minimum absolute atomic E-state index is 0.110. The molecule has 2 aromatic rings. The van der Waals surface area contributed by atoms with Gasteiger partial charge in [-0.2, -0.15) is 5.10 Å². The molecule has 170 valence electrons. The van der Waals surface area contributed by atoms with E-state index in [1.165, 1.54) is 23.4 Å². The number of hydrogen-bond donors (Lipinski definition) is 2. The number of nitrogens with zero attached hydrogens (tertiary/aromatic N) is 4. The van der Waals surface area contributed by atoms with Crippen LogP contribution in [0.4, 0.5) is 4.39 Å². The third kappa shape index (κ3) is 5.83. The van der Waals surface area contributed by atoms with E-state index in [9.17, 15) is 4.39 Å². The lowest BCUT2D eigenvalue weighted by molar-refractivity contribution is 0.0170. The van der Waals surface area contributed by atoms with E-state index >= 15 is 0 Å². The summed E-state index contributed by atoms with van der Waals surface area (Å²) in [4.78, 5) is 6.79. The van der Waals surface area contributed by atoms with Gasteiger partial charge in [-0.15, -0.1) is 0 Å². The maximum absolute atomic E-state index is 13.5. The Hall–Kier alpha value is -2.45. The highest BCUT2D eigenvalue weighted by Crippen LogP contribution is 2.22. The number of guanidine groups is 1. The van der Waals surface area contributed by atoms with Crippen molar-refractivity contribution in [3.05, 3.63) is 52.6 Å². The number of halogens is 1. The molecule has 1 unspecified atom stereocenters. The molecule has 1 fully saturated rings. The standard InChI is InChI=1S/C23H35FN6O/c1-5-20-19(21(6-2)29(4)28-20)15-26-23(25-3)27-16-22(30-11-13-31-14-12-30)17-7-9-18(24)10-8-17/h7-10,22H,5-6,11-16H2,1-4H3,(H2,25,26,27). The van der Waals surface area contributed by atoms with E-state index in [1.807, 2.05) is 23.9 Å². The predicted molar refractivity (Wildman–Crippen MR) is 122 cm³/mol. The topological polar surface area (TPSA) is 66.7 Å². The minimum Gasteiger partial charge on any atom is -0.379 e. The molecule has 0 amide bonds. The second-order valence-corrected chi connectivity index (χ2v) is 7.73. The summed E-state index contributed by atoms with van der Waals surface area (Å²) in [5.74, 6) is 0.526. The van der Waals surface area contributed by atoms with E-state index in [-0.39, 0.29) is 11.9 Å². The Morgan fingerprint density at radius 2 is 1.87 bits per heavy atom. The van der Waals surface area contributed by atoms with Crippen LogP contribution in [0.1, 0.15) is 42.4 Å². The molecule has 31 heavy (non-hydrogen) atoms. The summed E-state index contributed by atoms with van der Waals surface area (Å²) in [7, 11) is 3.78. The first-order chi connectivity index (χ1) is 15.1. The number of ether oxygens (including phenoxy) is 1. The van der Waals surface area contributed by atoms with Crippen LogP contribution in [0.3, 0.4) is 0 Å². The highest BCUT2D eigenvalue weighted by molar-refractivity contribution is 5.79. The lowest BCUT2D eigenvalue weighted by Crippen LogP contribution is -2.46. The van der Waals surface area contributed by atoms with Gasteiger partial charge in [0.05, 0.1) is 24.9 Å². The predicted octanol–water partition coefficient (Wildman–Crippen LogP) is 2.42.